The number of aliphatic hydroxyl groups is 1. The summed E-state index contributed by atoms with van der Waals surface area (Å²) >= 11 is 0. The van der Waals surface area contributed by atoms with Crippen LogP contribution in [0.3, 0.4) is 0 Å². The zero-order valence-corrected chi connectivity index (χ0v) is 13.1. The number of hydrogen-bond acceptors (Lipinski definition) is 3. The largest absolute Gasteiger partial charge is 0.389 e. The highest BCUT2D eigenvalue weighted by Gasteiger charge is 2.31. The van der Waals surface area contributed by atoms with Gasteiger partial charge in [-0.15, -0.1) is 0 Å². The van der Waals surface area contributed by atoms with Crippen LogP contribution in [0.2, 0.25) is 0 Å². The van der Waals surface area contributed by atoms with Crippen LogP contribution in [0.1, 0.15) is 45.4 Å². The van der Waals surface area contributed by atoms with E-state index in [0.29, 0.717) is 0 Å². The van der Waals surface area contributed by atoms with Crippen molar-refractivity contribution in [3.05, 3.63) is 24.3 Å². The molecule has 0 atom stereocenters. The molecule has 0 unspecified atom stereocenters. The van der Waals surface area contributed by atoms with E-state index < -0.39 is 5.60 Å². The second-order valence-corrected chi connectivity index (χ2v) is 6.07. The van der Waals surface area contributed by atoms with Crippen molar-refractivity contribution in [1.82, 2.24) is 0 Å². The van der Waals surface area contributed by atoms with Crippen LogP contribution < -0.4 is 10.2 Å². The monoisotopic (exact) mass is 290 g/mol. The molecule has 1 aliphatic carbocycles. The van der Waals surface area contributed by atoms with E-state index in [4.69, 9.17) is 0 Å². The molecule has 0 aromatic heterocycles. The zero-order valence-electron chi connectivity index (χ0n) is 13.1. The Hall–Kier alpha value is -1.55. The van der Waals surface area contributed by atoms with Crippen molar-refractivity contribution in [1.29, 1.82) is 0 Å². The van der Waals surface area contributed by atoms with Crippen molar-refractivity contribution in [2.75, 3.05) is 23.8 Å². The third-order valence-corrected chi connectivity index (χ3v) is 4.32. The molecule has 1 fully saturated rings. The number of benzene rings is 1. The summed E-state index contributed by atoms with van der Waals surface area (Å²) in [6.07, 6.45) is 4.86. The molecule has 1 aromatic rings. The lowest BCUT2D eigenvalue weighted by atomic mass is 9.82. The topological polar surface area (TPSA) is 52.6 Å². The maximum atomic E-state index is 12.2. The van der Waals surface area contributed by atoms with Crippen LogP contribution in [0, 0.1) is 0 Å². The first kappa shape index (κ1) is 15.8. The second kappa shape index (κ2) is 6.94. The summed E-state index contributed by atoms with van der Waals surface area (Å²) in [4.78, 5) is 14.3. The van der Waals surface area contributed by atoms with Gasteiger partial charge in [0.25, 0.3) is 0 Å². The van der Waals surface area contributed by atoms with Gasteiger partial charge in [-0.2, -0.15) is 0 Å². The summed E-state index contributed by atoms with van der Waals surface area (Å²) in [5, 5.41) is 13.3. The maximum Gasteiger partial charge on any atom is 0.227 e. The minimum atomic E-state index is -0.805. The maximum absolute atomic E-state index is 12.2. The summed E-state index contributed by atoms with van der Waals surface area (Å²) < 4.78 is 0. The van der Waals surface area contributed by atoms with Crippen LogP contribution in [-0.4, -0.2) is 30.2 Å². The van der Waals surface area contributed by atoms with Crippen molar-refractivity contribution in [2.45, 2.75) is 51.0 Å². The van der Waals surface area contributed by atoms with Gasteiger partial charge in [-0.3, -0.25) is 4.79 Å². The van der Waals surface area contributed by atoms with Crippen molar-refractivity contribution >= 4 is 17.3 Å². The van der Waals surface area contributed by atoms with E-state index in [1.807, 2.05) is 31.3 Å². The Morgan fingerprint density at radius 3 is 2.71 bits per heavy atom. The molecule has 4 nitrogen and oxygen atoms in total. The van der Waals surface area contributed by atoms with Gasteiger partial charge in [-0.05, 0) is 38.0 Å². The SMILES string of the molecule is CCN(C)c1cccc(NC(=O)CC2(O)CCCCC2)c1. The van der Waals surface area contributed by atoms with Crippen molar-refractivity contribution in [3.8, 4) is 0 Å². The van der Waals surface area contributed by atoms with E-state index in [2.05, 4.69) is 17.1 Å². The Balaban J connectivity index is 1.96. The standard InChI is InChI=1S/C17H26N2O2/c1-3-19(2)15-9-7-8-14(12-15)18-16(20)13-17(21)10-5-4-6-11-17/h7-9,12,21H,3-6,10-11,13H2,1-2H3,(H,18,20). The fourth-order valence-corrected chi connectivity index (χ4v) is 2.89. The normalized spacial score (nSPS) is 17.3. The van der Waals surface area contributed by atoms with Crippen LogP contribution in [0.4, 0.5) is 11.4 Å². The molecule has 21 heavy (non-hydrogen) atoms. The van der Waals surface area contributed by atoms with Gasteiger partial charge < -0.3 is 15.3 Å². The molecule has 4 heteroatoms. The fourth-order valence-electron chi connectivity index (χ4n) is 2.89. The second-order valence-electron chi connectivity index (χ2n) is 6.07. The number of carbonyl (C=O) groups is 1. The van der Waals surface area contributed by atoms with Gasteiger partial charge in [0.2, 0.25) is 5.91 Å². The third kappa shape index (κ3) is 4.46. The van der Waals surface area contributed by atoms with Crippen LogP contribution >= 0.6 is 0 Å². The van der Waals surface area contributed by atoms with Crippen LogP contribution in [0.25, 0.3) is 0 Å². The molecular weight excluding hydrogens is 264 g/mol. The summed E-state index contributed by atoms with van der Waals surface area (Å²) in [5.74, 6) is -0.101. The Bertz CT molecular complexity index is 481. The van der Waals surface area contributed by atoms with E-state index in [9.17, 15) is 9.90 Å². The minimum Gasteiger partial charge on any atom is -0.389 e. The quantitative estimate of drug-likeness (QED) is 0.876. The summed E-state index contributed by atoms with van der Waals surface area (Å²) in [6.45, 7) is 3.00. The molecule has 0 bridgehead atoms. The Kier molecular flexibility index (Phi) is 5.23. The molecule has 1 aromatic carbocycles. The highest BCUT2D eigenvalue weighted by molar-refractivity contribution is 5.91. The molecule has 0 radical (unpaired) electrons. The highest BCUT2D eigenvalue weighted by atomic mass is 16.3. The van der Waals surface area contributed by atoms with Gasteiger partial charge in [0, 0.05) is 25.0 Å². The molecule has 0 saturated heterocycles. The van der Waals surface area contributed by atoms with Gasteiger partial charge in [0.05, 0.1) is 12.0 Å². The molecule has 116 valence electrons. The molecule has 1 amide bonds. The van der Waals surface area contributed by atoms with Crippen molar-refractivity contribution in [2.24, 2.45) is 0 Å². The Morgan fingerprint density at radius 2 is 2.05 bits per heavy atom. The van der Waals surface area contributed by atoms with Crippen molar-refractivity contribution in [3.63, 3.8) is 0 Å². The average Bonchev–Trinajstić information content (AvgIpc) is 2.46. The van der Waals surface area contributed by atoms with E-state index in [0.717, 1.165) is 50.0 Å². The zero-order chi connectivity index (χ0) is 15.3. The molecule has 1 aliphatic rings. The third-order valence-electron chi connectivity index (χ3n) is 4.32. The minimum absolute atomic E-state index is 0.101. The lowest BCUT2D eigenvalue weighted by molar-refractivity contribution is -0.122. The van der Waals surface area contributed by atoms with Gasteiger partial charge in [0.1, 0.15) is 0 Å². The average molecular weight is 290 g/mol. The summed E-state index contributed by atoms with van der Waals surface area (Å²) in [7, 11) is 2.02. The first-order valence-corrected chi connectivity index (χ1v) is 7.86. The van der Waals surface area contributed by atoms with Gasteiger partial charge in [-0.25, -0.2) is 0 Å². The number of nitrogens with one attached hydrogen (secondary N) is 1. The number of rotatable bonds is 5. The first-order chi connectivity index (χ1) is 10.0. The number of hydrogen-bond donors (Lipinski definition) is 2. The van der Waals surface area contributed by atoms with E-state index in [-0.39, 0.29) is 12.3 Å². The van der Waals surface area contributed by atoms with Gasteiger partial charge in [-0.1, -0.05) is 25.3 Å². The molecule has 0 heterocycles. The first-order valence-electron chi connectivity index (χ1n) is 7.86. The number of amides is 1. The summed E-state index contributed by atoms with van der Waals surface area (Å²) in [5.41, 5.74) is 1.06. The van der Waals surface area contributed by atoms with Gasteiger partial charge in [0.15, 0.2) is 0 Å². The Labute approximate surface area is 127 Å². The number of anilines is 2. The predicted octanol–water partition coefficient (Wildman–Crippen LogP) is 3.17. The number of nitrogens with zero attached hydrogens (tertiary/aromatic N) is 1. The Morgan fingerprint density at radius 1 is 1.33 bits per heavy atom. The van der Waals surface area contributed by atoms with E-state index in [1.54, 1.807) is 0 Å². The lowest BCUT2D eigenvalue weighted by Crippen LogP contribution is -2.35. The fraction of sp³-hybridized carbons (Fsp3) is 0.588. The molecule has 2 rings (SSSR count). The molecule has 0 spiro atoms. The predicted molar refractivity (Wildman–Crippen MR) is 86.7 cm³/mol. The van der Waals surface area contributed by atoms with E-state index >= 15 is 0 Å². The van der Waals surface area contributed by atoms with Crippen LogP contribution in [-0.2, 0) is 4.79 Å². The van der Waals surface area contributed by atoms with Gasteiger partial charge >= 0.3 is 0 Å². The van der Waals surface area contributed by atoms with Crippen LogP contribution in [0.5, 0.6) is 0 Å². The summed E-state index contributed by atoms with van der Waals surface area (Å²) in [6, 6.07) is 7.81. The molecular formula is C17H26N2O2. The van der Waals surface area contributed by atoms with Crippen molar-refractivity contribution < 1.29 is 9.90 Å². The van der Waals surface area contributed by atoms with E-state index in [1.165, 1.54) is 0 Å². The highest BCUT2D eigenvalue weighted by Crippen LogP contribution is 2.31. The smallest absolute Gasteiger partial charge is 0.227 e. The molecule has 1 saturated carbocycles. The lowest BCUT2D eigenvalue weighted by Gasteiger charge is -2.31. The molecule has 2 N–H and O–H groups in total. The van der Waals surface area contributed by atoms with Crippen LogP contribution in [0.15, 0.2) is 24.3 Å². The molecule has 0 aliphatic heterocycles. The number of carbonyl (C=O) groups excluding carboxylic acids is 1.